The second-order valence-electron chi connectivity index (χ2n) is 9.47. The summed E-state index contributed by atoms with van der Waals surface area (Å²) in [5.41, 5.74) is 0.682. The Labute approximate surface area is 254 Å². The molecule has 6 N–H and O–H groups in total. The molecule has 0 aromatic heterocycles. The third-order valence-corrected chi connectivity index (χ3v) is 5.98. The highest BCUT2D eigenvalue weighted by Crippen LogP contribution is 2.08. The van der Waals surface area contributed by atoms with Crippen LogP contribution in [0.15, 0.2) is 42.5 Å². The van der Waals surface area contributed by atoms with Gasteiger partial charge in [-0.3, -0.25) is 38.5 Å². The zero-order chi connectivity index (χ0) is 33.2. The van der Waals surface area contributed by atoms with Crippen LogP contribution >= 0.6 is 0 Å². The minimum Gasteiger partial charge on any atom is -0.480 e. The molecule has 0 bridgehead atoms. The zero-order valence-corrected chi connectivity index (χ0v) is 23.9. The fourth-order valence-electron chi connectivity index (χ4n) is 3.78. The smallest absolute Gasteiger partial charge is 0.329 e. The Morgan fingerprint density at radius 3 is 2.18 bits per heavy atom. The van der Waals surface area contributed by atoms with E-state index in [9.17, 15) is 38.4 Å². The Balaban J connectivity index is 1.75. The van der Waals surface area contributed by atoms with Crippen LogP contribution in [0.1, 0.15) is 31.2 Å². The van der Waals surface area contributed by atoms with E-state index in [0.717, 1.165) is 4.90 Å². The number of carbonyl (C=O) groups is 8. The minimum absolute atomic E-state index is 0.0330. The van der Waals surface area contributed by atoms with Crippen molar-refractivity contribution in [3.8, 4) is 0 Å². The number of hydrogen-bond acceptors (Lipinski definition) is 9. The zero-order valence-electron chi connectivity index (χ0n) is 24.9. The number of carboxylic acid groups (broad SMARTS) is 1. The Morgan fingerprint density at radius 1 is 0.818 bits per heavy atom. The van der Waals surface area contributed by atoms with Gasteiger partial charge >= 0.3 is 5.97 Å². The van der Waals surface area contributed by atoms with E-state index in [-0.39, 0.29) is 37.9 Å². The number of amides is 7. The summed E-state index contributed by atoms with van der Waals surface area (Å²) in [6.45, 7) is -2.52. The fraction of sp³-hybridized carbons (Fsp3) is 0.429. The maximum atomic E-state index is 12.8. The van der Waals surface area contributed by atoms with E-state index >= 15 is 0 Å². The molecule has 1 aliphatic rings. The number of nitrogens with zero attached hydrogens (tertiary/aromatic N) is 1. The average molecular weight is 618 g/mol. The van der Waals surface area contributed by atoms with Crippen molar-refractivity contribution in [2.75, 3.05) is 39.5 Å². The number of imide groups is 1. The molecule has 2 rings (SSSR count). The summed E-state index contributed by atoms with van der Waals surface area (Å²) >= 11 is 0. The van der Waals surface area contributed by atoms with E-state index < -0.39 is 67.8 Å². The quantitative estimate of drug-likeness (QED) is 0.0522. The molecule has 0 fully saturated rings. The summed E-state index contributed by atoms with van der Waals surface area (Å²) in [7, 11) is 0. The number of rotatable bonds is 20. The predicted octanol–water partition coefficient (Wildman–Crippen LogP) is -2.28. The lowest BCUT2D eigenvalue weighted by Gasteiger charge is -2.19. The summed E-state index contributed by atoms with van der Waals surface area (Å²) in [5, 5.41) is 18.3. The molecule has 16 nitrogen and oxygen atoms in total. The molecule has 1 aromatic rings. The van der Waals surface area contributed by atoms with Crippen molar-refractivity contribution in [1.82, 2.24) is 31.5 Å². The number of unbranched alkanes of at least 4 members (excludes halogenated alkanes) is 2. The molecule has 0 unspecified atom stereocenters. The Kier molecular flexibility index (Phi) is 14.5. The number of ether oxygens (including phenoxy) is 1. The van der Waals surface area contributed by atoms with Crippen LogP contribution in [0.2, 0.25) is 1.41 Å². The van der Waals surface area contributed by atoms with Gasteiger partial charge in [-0.2, -0.15) is 0 Å². The van der Waals surface area contributed by atoms with Crippen LogP contribution < -0.4 is 26.6 Å². The Bertz CT molecular complexity index is 1260. The molecule has 44 heavy (non-hydrogen) atoms. The van der Waals surface area contributed by atoms with Crippen LogP contribution in [0.5, 0.6) is 0 Å². The minimum atomic E-state index is -1.22. The first-order valence-corrected chi connectivity index (χ1v) is 13.7. The van der Waals surface area contributed by atoms with Gasteiger partial charge in [0, 0.05) is 31.5 Å². The summed E-state index contributed by atoms with van der Waals surface area (Å²) in [5.74, 6) is -5.51. The highest BCUT2D eigenvalue weighted by atomic mass is 16.5. The lowest BCUT2D eigenvalue weighted by molar-refractivity contribution is -0.143. The molecule has 238 valence electrons. The van der Waals surface area contributed by atoms with E-state index in [1.807, 2.05) is 0 Å². The number of hydrogen-bond donors (Lipinski definition) is 6. The van der Waals surface area contributed by atoms with Gasteiger partial charge in [-0.25, -0.2) is 4.79 Å². The van der Waals surface area contributed by atoms with Crippen LogP contribution in [-0.4, -0.2) is 103 Å². The van der Waals surface area contributed by atoms with E-state index in [2.05, 4.69) is 21.3 Å². The van der Waals surface area contributed by atoms with Gasteiger partial charge in [0.1, 0.15) is 19.4 Å². The summed E-state index contributed by atoms with van der Waals surface area (Å²) in [6.07, 6.45) is 4.03. The number of benzene rings is 1. The van der Waals surface area contributed by atoms with Crippen LogP contribution in [0, 0.1) is 0 Å². The first-order valence-electron chi connectivity index (χ1n) is 14.2. The monoisotopic (exact) mass is 617 g/mol. The molecule has 1 atom stereocenters. The summed E-state index contributed by atoms with van der Waals surface area (Å²) in [6, 6.07) is 7.48. The second-order valence-corrected chi connectivity index (χ2v) is 9.47. The maximum Gasteiger partial charge on any atom is 0.329 e. The molecule has 7 amide bonds. The van der Waals surface area contributed by atoms with Crippen molar-refractivity contribution in [2.45, 2.75) is 38.1 Å². The fourth-order valence-corrected chi connectivity index (χ4v) is 3.78. The van der Waals surface area contributed by atoms with E-state index in [0.29, 0.717) is 30.1 Å². The molecule has 1 heterocycles. The lowest BCUT2D eigenvalue weighted by Crippen LogP contribution is -2.52. The van der Waals surface area contributed by atoms with E-state index in [1.165, 1.54) is 12.2 Å². The van der Waals surface area contributed by atoms with Gasteiger partial charge in [0.15, 0.2) is 1.41 Å². The molecule has 0 aliphatic carbocycles. The number of carboxylic acids is 1. The number of carbonyl (C=O) groups excluding carboxylic acids is 7. The molecule has 0 spiro atoms. The molecular formula is C28H36N6O10. The van der Waals surface area contributed by atoms with Gasteiger partial charge in [-0.1, -0.05) is 36.8 Å². The van der Waals surface area contributed by atoms with Crippen molar-refractivity contribution in [3.05, 3.63) is 48.0 Å². The van der Waals surface area contributed by atoms with Crippen LogP contribution in [0.25, 0.3) is 0 Å². The largest absolute Gasteiger partial charge is 0.480 e. The van der Waals surface area contributed by atoms with E-state index in [4.69, 9.17) is 11.3 Å². The van der Waals surface area contributed by atoms with Crippen LogP contribution in [0.3, 0.4) is 0 Å². The third-order valence-electron chi connectivity index (χ3n) is 5.98. The maximum absolute atomic E-state index is 12.8. The van der Waals surface area contributed by atoms with Gasteiger partial charge in [0.05, 0.1) is 19.6 Å². The highest BCUT2D eigenvalue weighted by Gasteiger charge is 2.23. The predicted molar refractivity (Wildman–Crippen MR) is 152 cm³/mol. The van der Waals surface area contributed by atoms with Crippen LogP contribution in [0.4, 0.5) is 0 Å². The topological polar surface area (TPSA) is 229 Å². The standard InChI is InChI=1S/C28H36N6O10/c35-21(9-5-2-6-12-34-25(39)10-11-26(34)40)29-14-22(36)30-16-24(38)33-20(13-19-7-3-1-4-8-19)28(43)31-15-23(37)32-18-44-17-27(41)42/h1,3-4,7-8,10-11,20H,2,5-6,9,12-18H2,(H,29,35)(H,30,36)(H,31,43)(H,32,37)(H,33,38)(H,41,42)/t20-/m0/s1/i/hD. The molecule has 16 heteroatoms. The van der Waals surface area contributed by atoms with Crippen molar-refractivity contribution in [2.24, 2.45) is 0 Å². The van der Waals surface area contributed by atoms with Gasteiger partial charge < -0.3 is 36.4 Å². The molecular weight excluding hydrogens is 580 g/mol. The van der Waals surface area contributed by atoms with Gasteiger partial charge in [0.2, 0.25) is 29.5 Å². The van der Waals surface area contributed by atoms with Gasteiger partial charge in [-0.15, -0.1) is 0 Å². The summed E-state index contributed by atoms with van der Waals surface area (Å²) in [4.78, 5) is 96.3. The Hall–Kier alpha value is -5.12. The lowest BCUT2D eigenvalue weighted by atomic mass is 10.1. The first-order chi connectivity index (χ1) is 21.5. The first kappa shape index (κ1) is 33.4. The van der Waals surface area contributed by atoms with E-state index in [1.54, 1.807) is 30.3 Å². The molecule has 0 saturated carbocycles. The van der Waals surface area contributed by atoms with Crippen molar-refractivity contribution < 1.29 is 49.6 Å². The van der Waals surface area contributed by atoms with Gasteiger partial charge in [0.25, 0.3) is 11.8 Å². The normalized spacial score (nSPS) is 13.1. The Morgan fingerprint density at radius 2 is 1.50 bits per heavy atom. The number of aliphatic carboxylic acids is 1. The van der Waals surface area contributed by atoms with Crippen LogP contribution in [-0.2, 0) is 49.5 Å². The average Bonchev–Trinajstić information content (AvgIpc) is 3.32. The van der Waals surface area contributed by atoms with Crippen molar-refractivity contribution in [3.63, 3.8) is 0 Å². The van der Waals surface area contributed by atoms with Crippen molar-refractivity contribution in [1.29, 1.82) is 0 Å². The summed E-state index contributed by atoms with van der Waals surface area (Å²) < 4.78 is 12.6. The molecule has 1 aliphatic heterocycles. The molecule has 0 saturated heterocycles. The SMILES string of the molecule is [2H]N(CC(=O)N[C@@H](Cc1ccccc1)C(=O)NCC(=O)NCOCC(=O)O)C(=O)CNC(=O)CCCCCN1C(=O)C=CC1=O. The highest BCUT2D eigenvalue weighted by molar-refractivity contribution is 6.12. The molecule has 0 radical (unpaired) electrons. The number of nitrogens with one attached hydrogen (secondary N) is 5. The van der Waals surface area contributed by atoms with Gasteiger partial charge in [-0.05, 0) is 18.4 Å². The molecule has 1 aromatic carbocycles. The third kappa shape index (κ3) is 14.2. The van der Waals surface area contributed by atoms with Crippen molar-refractivity contribution >= 4 is 47.3 Å². The second kappa shape index (κ2) is 19.1.